The van der Waals surface area contributed by atoms with Crippen molar-refractivity contribution < 1.29 is 10.9 Å². The third kappa shape index (κ3) is 3.37. The van der Waals surface area contributed by atoms with E-state index in [-0.39, 0.29) is 12.2 Å². The summed E-state index contributed by atoms with van der Waals surface area (Å²) in [5.41, 5.74) is -0.910. The first-order valence-corrected chi connectivity index (χ1v) is 14.7. The summed E-state index contributed by atoms with van der Waals surface area (Å²) in [6.07, 6.45) is 1.07. The van der Waals surface area contributed by atoms with Gasteiger partial charge in [-0.3, -0.25) is 0 Å². The standard InChI is InChI=1S/C9H10N2O5.2C6H5.Sn/c12-4-6-5(13)3-8(16-6)11-2-1-7(14)10-9(11)15;2*1-2-4-6-5-3-1;/h1-2,5-6,8H,3-4H2,(H,10,14,15);2*1-5H;/q-2;;;+2/t5-,6+,8-;;;/m0.../s1. The number of benzene rings is 2. The molecule has 3 atom stereocenters. The zero-order valence-electron chi connectivity index (χ0n) is 15.6. The molecule has 2 saturated heterocycles. The van der Waals surface area contributed by atoms with Crippen LogP contribution in [0.4, 0.5) is 0 Å². The quantitative estimate of drug-likeness (QED) is 0.532. The predicted octanol–water partition coefficient (Wildman–Crippen LogP) is 0.496. The molecule has 0 unspecified atom stereocenters. The van der Waals surface area contributed by atoms with Gasteiger partial charge in [0.25, 0.3) is 0 Å². The number of nitrogens with one attached hydrogen (secondary N) is 1. The summed E-state index contributed by atoms with van der Waals surface area (Å²) in [6, 6.07) is 21.6. The van der Waals surface area contributed by atoms with Crippen molar-refractivity contribution in [1.29, 1.82) is 0 Å². The molecule has 0 radical (unpaired) electrons. The van der Waals surface area contributed by atoms with Crippen LogP contribution in [0.15, 0.2) is 82.5 Å². The fraction of sp³-hybridized carbons (Fsp3) is 0.238. The molecule has 2 aliphatic heterocycles. The second-order valence-corrected chi connectivity index (χ2v) is 15.5. The first-order valence-electron chi connectivity index (χ1n) is 9.55. The Hall–Kier alpha value is -2.20. The Morgan fingerprint density at radius 2 is 1.55 bits per heavy atom. The molecule has 5 rings (SSSR count). The van der Waals surface area contributed by atoms with Gasteiger partial charge in [-0.25, -0.2) is 0 Å². The molecule has 2 aromatic carbocycles. The minimum atomic E-state index is -3.85. The van der Waals surface area contributed by atoms with E-state index in [1.807, 2.05) is 36.4 Å². The van der Waals surface area contributed by atoms with E-state index in [0.717, 1.165) is 7.16 Å². The molecule has 8 heteroatoms. The predicted molar refractivity (Wildman–Crippen MR) is 109 cm³/mol. The molecule has 3 aromatic rings. The van der Waals surface area contributed by atoms with E-state index in [1.54, 1.807) is 0 Å². The van der Waals surface area contributed by atoms with Crippen LogP contribution >= 0.6 is 0 Å². The van der Waals surface area contributed by atoms with Crippen LogP contribution in [-0.2, 0) is 10.9 Å². The van der Waals surface area contributed by atoms with E-state index < -0.39 is 36.7 Å². The second kappa shape index (κ2) is 7.56. The number of hydrogen-bond donors (Lipinski definition) is 1. The Kier molecular flexibility index (Phi) is 4.90. The molecule has 3 heterocycles. The van der Waals surface area contributed by atoms with Crippen LogP contribution in [0.5, 0.6) is 0 Å². The van der Waals surface area contributed by atoms with E-state index in [0.29, 0.717) is 13.0 Å². The van der Waals surface area contributed by atoms with E-state index in [4.69, 9.17) is 10.9 Å². The molecule has 0 aliphatic carbocycles. The molecule has 1 aromatic heterocycles. The molecular formula is C21H20N2O5Sn. The maximum absolute atomic E-state index is 12.2. The Labute approximate surface area is 171 Å². The third-order valence-electron chi connectivity index (χ3n) is 5.42. The van der Waals surface area contributed by atoms with Gasteiger partial charge in [0.15, 0.2) is 0 Å². The molecule has 1 N–H and O–H groups in total. The van der Waals surface area contributed by atoms with Crippen LogP contribution in [-0.4, -0.2) is 47.6 Å². The molecule has 29 heavy (non-hydrogen) atoms. The molecule has 0 saturated carbocycles. The molecule has 0 bridgehead atoms. The molecule has 148 valence electrons. The van der Waals surface area contributed by atoms with Gasteiger partial charge in [-0.15, -0.1) is 0 Å². The topological polar surface area (TPSA) is 82.5 Å². The van der Waals surface area contributed by atoms with Crippen molar-refractivity contribution in [3.05, 3.63) is 93.8 Å². The van der Waals surface area contributed by atoms with Gasteiger partial charge in [-0.1, -0.05) is 0 Å². The number of nitrogens with zero attached hydrogens (tertiary/aromatic N) is 1. The van der Waals surface area contributed by atoms with Gasteiger partial charge in [0.05, 0.1) is 0 Å². The van der Waals surface area contributed by atoms with Gasteiger partial charge in [0, 0.05) is 0 Å². The van der Waals surface area contributed by atoms with Crippen LogP contribution in [0, 0.1) is 0 Å². The van der Waals surface area contributed by atoms with Gasteiger partial charge in [-0.05, 0) is 0 Å². The molecule has 2 fully saturated rings. The van der Waals surface area contributed by atoms with Crippen molar-refractivity contribution in [1.82, 2.24) is 9.55 Å². The summed E-state index contributed by atoms with van der Waals surface area (Å²) in [4.78, 5) is 25.8. The Balaban J connectivity index is 1.49. The molecule has 2 aliphatic rings. The van der Waals surface area contributed by atoms with E-state index in [2.05, 4.69) is 29.2 Å². The van der Waals surface area contributed by atoms with Crippen molar-refractivity contribution >= 4 is 26.4 Å². The summed E-state index contributed by atoms with van der Waals surface area (Å²) >= 11 is -3.85. The maximum atomic E-state index is 12.2. The summed E-state index contributed by atoms with van der Waals surface area (Å²) in [5, 5.41) is 0. The SMILES string of the molecule is O=c1ccn([C@@H]2C[C@@H]3[O][Sn]([c]4ccccc4)([c]4ccccc4)[O]C[C@H]3O2)c(=O)[nH]1. The average Bonchev–Trinajstić information content (AvgIpc) is 3.17. The summed E-state index contributed by atoms with van der Waals surface area (Å²) < 4.78 is 22.9. The van der Waals surface area contributed by atoms with E-state index in [9.17, 15) is 9.59 Å². The van der Waals surface area contributed by atoms with Crippen LogP contribution in [0.1, 0.15) is 12.6 Å². The Bertz CT molecular complexity index is 1080. The van der Waals surface area contributed by atoms with E-state index in [1.165, 1.54) is 16.8 Å². The average molecular weight is 499 g/mol. The number of H-pyrrole nitrogens is 1. The second-order valence-electron chi connectivity index (χ2n) is 7.20. The van der Waals surface area contributed by atoms with Gasteiger partial charge in [-0.2, -0.15) is 0 Å². The number of aromatic amines is 1. The molecule has 7 nitrogen and oxygen atoms in total. The van der Waals surface area contributed by atoms with Crippen molar-refractivity contribution in [3.8, 4) is 0 Å². The van der Waals surface area contributed by atoms with Gasteiger partial charge < -0.3 is 0 Å². The van der Waals surface area contributed by atoms with Crippen molar-refractivity contribution in [3.63, 3.8) is 0 Å². The van der Waals surface area contributed by atoms with E-state index >= 15 is 0 Å². The zero-order chi connectivity index (χ0) is 19.8. The number of ether oxygens (including phenoxy) is 1. The number of fused-ring (bicyclic) bond motifs is 1. The fourth-order valence-corrected chi connectivity index (χ4v) is 13.6. The van der Waals surface area contributed by atoms with Gasteiger partial charge in [0.1, 0.15) is 0 Å². The number of aromatic nitrogens is 2. The molecule has 0 amide bonds. The van der Waals surface area contributed by atoms with Crippen molar-refractivity contribution in [2.24, 2.45) is 0 Å². The van der Waals surface area contributed by atoms with Crippen molar-refractivity contribution in [2.45, 2.75) is 24.9 Å². The first-order chi connectivity index (χ1) is 14.2. The zero-order valence-corrected chi connectivity index (χ0v) is 18.4. The van der Waals surface area contributed by atoms with Crippen LogP contribution in [0.2, 0.25) is 0 Å². The van der Waals surface area contributed by atoms with Gasteiger partial charge >= 0.3 is 172 Å². The number of rotatable bonds is 3. The monoisotopic (exact) mass is 500 g/mol. The minimum absolute atomic E-state index is 0.177. The summed E-state index contributed by atoms with van der Waals surface area (Å²) in [5.74, 6) is 0. The molecule has 0 spiro atoms. The summed E-state index contributed by atoms with van der Waals surface area (Å²) in [7, 11) is 0. The molecular weight excluding hydrogens is 479 g/mol. The fourth-order valence-electron chi connectivity index (χ4n) is 4.03. The van der Waals surface area contributed by atoms with Gasteiger partial charge in [0.2, 0.25) is 0 Å². The Morgan fingerprint density at radius 3 is 2.17 bits per heavy atom. The third-order valence-corrected chi connectivity index (χ3v) is 15.1. The van der Waals surface area contributed by atoms with Crippen molar-refractivity contribution in [2.75, 3.05) is 6.61 Å². The first kappa shape index (κ1) is 18.8. The van der Waals surface area contributed by atoms with Crippen LogP contribution in [0.25, 0.3) is 0 Å². The number of hydrogen-bond acceptors (Lipinski definition) is 5. The van der Waals surface area contributed by atoms with Crippen LogP contribution in [0.3, 0.4) is 0 Å². The normalized spacial score (nSPS) is 25.4. The van der Waals surface area contributed by atoms with Crippen LogP contribution < -0.4 is 18.4 Å². The summed E-state index contributed by atoms with van der Waals surface area (Å²) in [6.45, 7) is 0.416. The Morgan fingerprint density at radius 1 is 0.897 bits per heavy atom.